The van der Waals surface area contributed by atoms with Crippen molar-refractivity contribution in [3.63, 3.8) is 0 Å². The molecule has 37 heavy (non-hydrogen) atoms. The molecule has 5 aromatic rings. The first kappa shape index (κ1) is 24.5. The number of nitrogens with one attached hydrogen (secondary N) is 2. The van der Waals surface area contributed by atoms with Gasteiger partial charge in [0.15, 0.2) is 0 Å². The molecule has 0 unspecified atom stereocenters. The average molecular weight is 518 g/mol. The van der Waals surface area contributed by atoms with E-state index in [0.29, 0.717) is 27.6 Å². The predicted molar refractivity (Wildman–Crippen MR) is 142 cm³/mol. The van der Waals surface area contributed by atoms with Crippen LogP contribution < -0.4 is 10.1 Å². The van der Waals surface area contributed by atoms with Gasteiger partial charge in [0.1, 0.15) is 28.8 Å². The third kappa shape index (κ3) is 5.20. The SMILES string of the molecule is CC(C)(C)c1cc(NC(=O)Cc2ccc(Oc3ccnc4[nH]cc(Cl)c34)cc2F)n(-c2ccccc2)n1. The van der Waals surface area contributed by atoms with Crippen molar-refractivity contribution in [3.8, 4) is 17.2 Å². The Balaban J connectivity index is 1.34. The van der Waals surface area contributed by atoms with Crippen molar-refractivity contribution in [3.05, 3.63) is 95.2 Å². The van der Waals surface area contributed by atoms with Gasteiger partial charge in [-0.15, -0.1) is 0 Å². The van der Waals surface area contributed by atoms with E-state index in [1.165, 1.54) is 12.1 Å². The van der Waals surface area contributed by atoms with E-state index in [2.05, 4.69) is 36.1 Å². The number of nitrogens with zero attached hydrogens (tertiary/aromatic N) is 3. The second-order valence-electron chi connectivity index (χ2n) is 9.66. The summed E-state index contributed by atoms with van der Waals surface area (Å²) in [6.07, 6.45) is 3.04. The molecule has 0 spiro atoms. The average Bonchev–Trinajstić information content (AvgIpc) is 3.46. The zero-order valence-corrected chi connectivity index (χ0v) is 21.3. The fourth-order valence-electron chi connectivity index (χ4n) is 3.90. The topological polar surface area (TPSA) is 84.8 Å². The number of aromatic amines is 1. The number of fused-ring (bicyclic) bond motifs is 1. The van der Waals surface area contributed by atoms with Crippen molar-refractivity contribution >= 4 is 34.4 Å². The molecule has 0 saturated heterocycles. The fraction of sp³-hybridized carbons (Fsp3) is 0.179. The molecule has 0 saturated carbocycles. The number of pyridine rings is 1. The lowest BCUT2D eigenvalue weighted by Gasteiger charge is -2.14. The summed E-state index contributed by atoms with van der Waals surface area (Å²) in [5.74, 6) is 0.338. The van der Waals surface area contributed by atoms with Crippen molar-refractivity contribution in [2.45, 2.75) is 32.6 Å². The number of hydrogen-bond donors (Lipinski definition) is 2. The Bertz CT molecular complexity index is 1590. The Morgan fingerprint density at radius 2 is 1.92 bits per heavy atom. The summed E-state index contributed by atoms with van der Waals surface area (Å²) in [4.78, 5) is 20.1. The fourth-order valence-corrected chi connectivity index (χ4v) is 4.13. The van der Waals surface area contributed by atoms with Crippen LogP contribution in [0.2, 0.25) is 5.02 Å². The predicted octanol–water partition coefficient (Wildman–Crippen LogP) is 6.81. The molecule has 2 N–H and O–H groups in total. The van der Waals surface area contributed by atoms with Crippen LogP contribution in [-0.4, -0.2) is 25.7 Å². The summed E-state index contributed by atoms with van der Waals surface area (Å²) in [6, 6.07) is 17.4. The Morgan fingerprint density at radius 3 is 2.65 bits per heavy atom. The third-order valence-electron chi connectivity index (χ3n) is 5.84. The van der Waals surface area contributed by atoms with Crippen LogP contribution in [0.4, 0.5) is 10.2 Å². The summed E-state index contributed by atoms with van der Waals surface area (Å²) in [5, 5.41) is 8.66. The molecule has 3 heterocycles. The molecule has 0 aliphatic carbocycles. The van der Waals surface area contributed by atoms with Crippen molar-refractivity contribution < 1.29 is 13.9 Å². The quantitative estimate of drug-likeness (QED) is 0.259. The first-order valence-electron chi connectivity index (χ1n) is 11.7. The van der Waals surface area contributed by atoms with Gasteiger partial charge < -0.3 is 15.0 Å². The Labute approximate surface area is 218 Å². The van der Waals surface area contributed by atoms with Crippen molar-refractivity contribution in [1.82, 2.24) is 19.7 Å². The van der Waals surface area contributed by atoms with Gasteiger partial charge in [0.05, 0.1) is 28.2 Å². The normalized spacial score (nSPS) is 11.6. The van der Waals surface area contributed by atoms with E-state index in [0.717, 1.165) is 11.4 Å². The summed E-state index contributed by atoms with van der Waals surface area (Å²) in [5.41, 5.74) is 2.24. The third-order valence-corrected chi connectivity index (χ3v) is 6.13. The van der Waals surface area contributed by atoms with Gasteiger partial charge in [0.25, 0.3) is 0 Å². The minimum atomic E-state index is -0.551. The molecule has 3 aromatic heterocycles. The zero-order valence-electron chi connectivity index (χ0n) is 20.5. The number of carbonyl (C=O) groups excluding carboxylic acids is 1. The molecule has 0 radical (unpaired) electrons. The van der Waals surface area contributed by atoms with Gasteiger partial charge in [-0.05, 0) is 29.8 Å². The number of ether oxygens (including phenoxy) is 1. The lowest BCUT2D eigenvalue weighted by molar-refractivity contribution is -0.115. The number of para-hydroxylation sites is 1. The van der Waals surface area contributed by atoms with Crippen LogP contribution in [0.1, 0.15) is 32.0 Å². The van der Waals surface area contributed by atoms with Crippen LogP contribution in [0.3, 0.4) is 0 Å². The molecule has 5 rings (SSSR count). The molecule has 0 bridgehead atoms. The first-order valence-corrected chi connectivity index (χ1v) is 12.1. The summed E-state index contributed by atoms with van der Waals surface area (Å²) in [6.45, 7) is 6.16. The van der Waals surface area contributed by atoms with Crippen molar-refractivity contribution in [2.24, 2.45) is 0 Å². The van der Waals surface area contributed by atoms with Gasteiger partial charge >= 0.3 is 0 Å². The minimum absolute atomic E-state index is 0.153. The maximum atomic E-state index is 15.0. The number of halogens is 2. The molecule has 0 fully saturated rings. The van der Waals surface area contributed by atoms with Gasteiger partial charge in [0.2, 0.25) is 5.91 Å². The van der Waals surface area contributed by atoms with Crippen LogP contribution in [0, 0.1) is 5.82 Å². The molecule has 7 nitrogen and oxygen atoms in total. The molecule has 0 atom stereocenters. The summed E-state index contributed by atoms with van der Waals surface area (Å²) >= 11 is 6.22. The largest absolute Gasteiger partial charge is 0.456 e. The number of anilines is 1. The van der Waals surface area contributed by atoms with Gasteiger partial charge in [-0.3, -0.25) is 4.79 Å². The molecule has 0 aliphatic heterocycles. The van der Waals surface area contributed by atoms with E-state index in [9.17, 15) is 9.18 Å². The Morgan fingerprint density at radius 1 is 1.14 bits per heavy atom. The van der Waals surface area contributed by atoms with Crippen molar-refractivity contribution in [1.29, 1.82) is 0 Å². The van der Waals surface area contributed by atoms with Crippen LogP contribution in [0.5, 0.6) is 11.5 Å². The van der Waals surface area contributed by atoms with Gasteiger partial charge in [-0.2, -0.15) is 5.10 Å². The minimum Gasteiger partial charge on any atom is -0.456 e. The smallest absolute Gasteiger partial charge is 0.230 e. The lowest BCUT2D eigenvalue weighted by atomic mass is 9.92. The van der Waals surface area contributed by atoms with E-state index in [-0.39, 0.29) is 29.1 Å². The second kappa shape index (κ2) is 9.71. The van der Waals surface area contributed by atoms with Crippen LogP contribution in [0.25, 0.3) is 16.7 Å². The Hall–Kier alpha value is -4.17. The summed E-state index contributed by atoms with van der Waals surface area (Å²) < 4.78 is 22.5. The first-order chi connectivity index (χ1) is 17.7. The number of amides is 1. The second-order valence-corrected chi connectivity index (χ2v) is 10.1. The molecule has 9 heteroatoms. The molecular formula is C28H25ClFN5O2. The highest BCUT2D eigenvalue weighted by Crippen LogP contribution is 2.34. The van der Waals surface area contributed by atoms with E-state index in [1.807, 2.05) is 36.4 Å². The van der Waals surface area contributed by atoms with E-state index < -0.39 is 5.82 Å². The number of carbonyl (C=O) groups is 1. The lowest BCUT2D eigenvalue weighted by Crippen LogP contribution is -2.17. The van der Waals surface area contributed by atoms with Crippen LogP contribution in [-0.2, 0) is 16.6 Å². The monoisotopic (exact) mass is 517 g/mol. The molecule has 2 aromatic carbocycles. The van der Waals surface area contributed by atoms with Crippen molar-refractivity contribution in [2.75, 3.05) is 5.32 Å². The van der Waals surface area contributed by atoms with Crippen LogP contribution in [0.15, 0.2) is 73.1 Å². The molecule has 1 amide bonds. The number of H-pyrrole nitrogens is 1. The highest BCUT2D eigenvalue weighted by molar-refractivity contribution is 6.36. The number of benzene rings is 2. The summed E-state index contributed by atoms with van der Waals surface area (Å²) in [7, 11) is 0. The highest BCUT2D eigenvalue weighted by Gasteiger charge is 2.22. The molecule has 188 valence electrons. The Kier molecular flexibility index (Phi) is 6.43. The highest BCUT2D eigenvalue weighted by atomic mass is 35.5. The van der Waals surface area contributed by atoms with Gasteiger partial charge in [-0.1, -0.05) is 56.6 Å². The number of rotatable bonds is 6. The van der Waals surface area contributed by atoms with E-state index >= 15 is 0 Å². The number of aromatic nitrogens is 4. The van der Waals surface area contributed by atoms with E-state index in [4.69, 9.17) is 21.4 Å². The van der Waals surface area contributed by atoms with E-state index in [1.54, 1.807) is 29.2 Å². The molecule has 0 aliphatic rings. The maximum Gasteiger partial charge on any atom is 0.230 e. The maximum absolute atomic E-state index is 15.0. The standard InChI is InChI=1S/C28H25ClFN5O2/c1-28(2,3)23-15-24(35(34-23)18-7-5-4-6-8-18)33-25(36)13-17-9-10-19(14-21(17)30)37-22-11-12-31-27-26(22)20(29)16-32-27/h4-12,14-16H,13H2,1-3H3,(H,31,32)(H,33,36). The van der Waals surface area contributed by atoms with Crippen LogP contribution >= 0.6 is 11.6 Å². The van der Waals surface area contributed by atoms with Gasteiger partial charge in [-0.25, -0.2) is 14.1 Å². The zero-order chi connectivity index (χ0) is 26.2. The molecular weight excluding hydrogens is 493 g/mol. The number of hydrogen-bond acceptors (Lipinski definition) is 4. The van der Waals surface area contributed by atoms with Gasteiger partial charge in [0, 0.05) is 29.9 Å².